The summed E-state index contributed by atoms with van der Waals surface area (Å²) in [4.78, 5) is 23.0. The highest BCUT2D eigenvalue weighted by molar-refractivity contribution is 6.00. The number of hydrogen-bond donors (Lipinski definition) is 3. The molecule has 0 fully saturated rings. The Kier molecular flexibility index (Phi) is 4.23. The Labute approximate surface area is 119 Å². The molecule has 2 aromatic rings. The van der Waals surface area contributed by atoms with Gasteiger partial charge in [0, 0.05) is 24.0 Å². The topological polar surface area (TPSA) is 99.8 Å². The standard InChI is InChI=1S/C14H14FNO5/c1-7-9-6-8(15)2-3-11(9)21-12(7)13(18)16-10(4-5-17)14(19)20/h2-3,6,10,17H,4-5H2,1H3,(H,16,18)(H,19,20). The van der Waals surface area contributed by atoms with Crippen molar-refractivity contribution in [3.05, 3.63) is 35.3 Å². The van der Waals surface area contributed by atoms with Gasteiger partial charge in [-0.3, -0.25) is 4.79 Å². The molecule has 6 nitrogen and oxygen atoms in total. The highest BCUT2D eigenvalue weighted by atomic mass is 19.1. The second kappa shape index (κ2) is 5.92. The zero-order valence-electron chi connectivity index (χ0n) is 11.2. The second-order valence-electron chi connectivity index (χ2n) is 4.57. The maximum absolute atomic E-state index is 13.2. The van der Waals surface area contributed by atoms with Crippen LogP contribution in [0.4, 0.5) is 4.39 Å². The highest BCUT2D eigenvalue weighted by Gasteiger charge is 2.24. The summed E-state index contributed by atoms with van der Waals surface area (Å²) >= 11 is 0. The average Bonchev–Trinajstić information content (AvgIpc) is 2.75. The maximum Gasteiger partial charge on any atom is 0.326 e. The van der Waals surface area contributed by atoms with E-state index in [1.54, 1.807) is 6.92 Å². The number of aryl methyl sites for hydroxylation is 1. The maximum atomic E-state index is 13.2. The molecule has 1 aromatic heterocycles. The Morgan fingerprint density at radius 2 is 2.14 bits per heavy atom. The molecule has 7 heteroatoms. The van der Waals surface area contributed by atoms with E-state index in [1.165, 1.54) is 18.2 Å². The Morgan fingerprint density at radius 1 is 1.43 bits per heavy atom. The van der Waals surface area contributed by atoms with Gasteiger partial charge in [-0.25, -0.2) is 9.18 Å². The minimum absolute atomic E-state index is 0.0696. The van der Waals surface area contributed by atoms with Gasteiger partial charge in [0.2, 0.25) is 0 Å². The van der Waals surface area contributed by atoms with Crippen LogP contribution in [0.15, 0.2) is 22.6 Å². The van der Waals surface area contributed by atoms with Gasteiger partial charge in [-0.05, 0) is 25.1 Å². The van der Waals surface area contributed by atoms with E-state index in [-0.39, 0.29) is 18.8 Å². The number of aliphatic hydroxyl groups excluding tert-OH is 1. The van der Waals surface area contributed by atoms with Gasteiger partial charge in [0.1, 0.15) is 17.4 Å². The molecule has 0 spiro atoms. The lowest BCUT2D eigenvalue weighted by Crippen LogP contribution is -2.41. The summed E-state index contributed by atoms with van der Waals surface area (Å²) in [5, 5.41) is 20.4. The number of carbonyl (C=O) groups excluding carboxylic acids is 1. The number of aliphatic hydroxyl groups is 1. The number of nitrogens with one attached hydrogen (secondary N) is 1. The molecule has 2 rings (SSSR count). The third-order valence-electron chi connectivity index (χ3n) is 3.13. The Balaban J connectivity index is 2.31. The average molecular weight is 295 g/mol. The Hall–Kier alpha value is -2.41. The molecule has 1 aromatic carbocycles. The lowest BCUT2D eigenvalue weighted by Gasteiger charge is -2.12. The summed E-state index contributed by atoms with van der Waals surface area (Å²) in [6, 6.07) is 2.63. The molecule has 0 saturated heterocycles. The number of amides is 1. The van der Waals surface area contributed by atoms with E-state index in [1.807, 2.05) is 0 Å². The lowest BCUT2D eigenvalue weighted by atomic mass is 10.1. The van der Waals surface area contributed by atoms with Crippen molar-refractivity contribution >= 4 is 22.8 Å². The van der Waals surface area contributed by atoms with Crippen LogP contribution in [0.25, 0.3) is 11.0 Å². The number of benzene rings is 1. The molecular weight excluding hydrogens is 281 g/mol. The number of hydrogen-bond acceptors (Lipinski definition) is 4. The molecule has 3 N–H and O–H groups in total. The van der Waals surface area contributed by atoms with E-state index in [2.05, 4.69) is 5.32 Å². The van der Waals surface area contributed by atoms with Crippen LogP contribution in [0.3, 0.4) is 0 Å². The van der Waals surface area contributed by atoms with E-state index in [0.717, 1.165) is 0 Å². The van der Waals surface area contributed by atoms with Crippen molar-refractivity contribution in [2.75, 3.05) is 6.61 Å². The molecule has 1 atom stereocenters. The summed E-state index contributed by atoms with van der Waals surface area (Å²) in [6.07, 6.45) is -0.116. The first-order valence-corrected chi connectivity index (χ1v) is 6.27. The monoisotopic (exact) mass is 295 g/mol. The first kappa shape index (κ1) is 15.0. The van der Waals surface area contributed by atoms with Gasteiger partial charge >= 0.3 is 5.97 Å². The minimum atomic E-state index is -1.25. The quantitative estimate of drug-likeness (QED) is 0.775. The third-order valence-corrected chi connectivity index (χ3v) is 3.13. The fourth-order valence-corrected chi connectivity index (χ4v) is 2.02. The SMILES string of the molecule is Cc1c(C(=O)NC(CCO)C(=O)O)oc2ccc(F)cc12. The van der Waals surface area contributed by atoms with Crippen LogP contribution in [0.1, 0.15) is 22.5 Å². The summed E-state index contributed by atoms with van der Waals surface area (Å²) < 4.78 is 18.5. The van der Waals surface area contributed by atoms with Gasteiger partial charge < -0.3 is 19.9 Å². The highest BCUT2D eigenvalue weighted by Crippen LogP contribution is 2.26. The van der Waals surface area contributed by atoms with E-state index in [0.29, 0.717) is 16.5 Å². The van der Waals surface area contributed by atoms with Gasteiger partial charge in [0.05, 0.1) is 0 Å². The van der Waals surface area contributed by atoms with Crippen LogP contribution in [-0.4, -0.2) is 34.7 Å². The number of halogens is 1. The zero-order chi connectivity index (χ0) is 15.6. The Morgan fingerprint density at radius 3 is 2.76 bits per heavy atom. The molecule has 0 aliphatic carbocycles. The van der Waals surface area contributed by atoms with Crippen LogP contribution in [0, 0.1) is 12.7 Å². The van der Waals surface area contributed by atoms with Crippen LogP contribution in [0.2, 0.25) is 0 Å². The van der Waals surface area contributed by atoms with Gasteiger partial charge in [-0.15, -0.1) is 0 Å². The van der Waals surface area contributed by atoms with E-state index >= 15 is 0 Å². The van der Waals surface area contributed by atoms with Gasteiger partial charge in [-0.1, -0.05) is 0 Å². The molecule has 0 radical (unpaired) electrons. The number of rotatable bonds is 5. The summed E-state index contributed by atoms with van der Waals surface area (Å²) in [5.74, 6) is -2.50. The molecular formula is C14H14FNO5. The molecule has 1 unspecified atom stereocenters. The van der Waals surface area contributed by atoms with E-state index in [4.69, 9.17) is 14.6 Å². The number of carboxylic acids is 1. The molecule has 1 amide bonds. The largest absolute Gasteiger partial charge is 0.480 e. The van der Waals surface area contributed by atoms with Crippen molar-refractivity contribution in [2.24, 2.45) is 0 Å². The number of furan rings is 1. The fraction of sp³-hybridized carbons (Fsp3) is 0.286. The van der Waals surface area contributed by atoms with E-state index < -0.39 is 23.7 Å². The second-order valence-corrected chi connectivity index (χ2v) is 4.57. The van der Waals surface area contributed by atoms with Crippen LogP contribution < -0.4 is 5.32 Å². The first-order chi connectivity index (χ1) is 9.93. The van der Waals surface area contributed by atoms with Gasteiger partial charge in [0.25, 0.3) is 5.91 Å². The van der Waals surface area contributed by atoms with Crippen molar-refractivity contribution in [3.8, 4) is 0 Å². The minimum Gasteiger partial charge on any atom is -0.480 e. The van der Waals surface area contributed by atoms with Crippen molar-refractivity contribution in [1.82, 2.24) is 5.32 Å². The van der Waals surface area contributed by atoms with Crippen LogP contribution in [0.5, 0.6) is 0 Å². The summed E-state index contributed by atoms with van der Waals surface area (Å²) in [7, 11) is 0. The first-order valence-electron chi connectivity index (χ1n) is 6.27. The molecule has 112 valence electrons. The summed E-state index contributed by atoms with van der Waals surface area (Å²) in [6.45, 7) is 1.21. The van der Waals surface area contributed by atoms with E-state index in [9.17, 15) is 14.0 Å². The smallest absolute Gasteiger partial charge is 0.326 e. The van der Waals surface area contributed by atoms with Gasteiger partial charge in [-0.2, -0.15) is 0 Å². The molecule has 0 saturated carbocycles. The molecule has 1 heterocycles. The van der Waals surface area contributed by atoms with Crippen molar-refractivity contribution < 1.29 is 28.6 Å². The molecule has 0 aliphatic heterocycles. The van der Waals surface area contributed by atoms with Gasteiger partial charge in [0.15, 0.2) is 5.76 Å². The normalized spacial score (nSPS) is 12.3. The van der Waals surface area contributed by atoms with Crippen molar-refractivity contribution in [1.29, 1.82) is 0 Å². The van der Waals surface area contributed by atoms with Crippen LogP contribution >= 0.6 is 0 Å². The number of aliphatic carboxylic acids is 1. The predicted octanol–water partition coefficient (Wildman–Crippen LogP) is 1.45. The number of carbonyl (C=O) groups is 2. The zero-order valence-corrected chi connectivity index (χ0v) is 11.2. The molecule has 0 aliphatic rings. The predicted molar refractivity (Wildman–Crippen MR) is 71.5 cm³/mol. The number of fused-ring (bicyclic) bond motifs is 1. The van der Waals surface area contributed by atoms with Crippen molar-refractivity contribution in [3.63, 3.8) is 0 Å². The number of carboxylic acid groups (broad SMARTS) is 1. The third kappa shape index (κ3) is 3.03. The van der Waals surface area contributed by atoms with Crippen molar-refractivity contribution in [2.45, 2.75) is 19.4 Å². The fourth-order valence-electron chi connectivity index (χ4n) is 2.02. The molecule has 0 bridgehead atoms. The lowest BCUT2D eigenvalue weighted by molar-refractivity contribution is -0.139. The van der Waals surface area contributed by atoms with Crippen LogP contribution in [-0.2, 0) is 4.79 Å². The summed E-state index contributed by atoms with van der Waals surface area (Å²) in [5.41, 5.74) is 0.767. The Bertz CT molecular complexity index is 694. The molecule has 21 heavy (non-hydrogen) atoms.